The van der Waals surface area contributed by atoms with Gasteiger partial charge in [-0.05, 0) is 31.0 Å². The quantitative estimate of drug-likeness (QED) is 0.526. The van der Waals surface area contributed by atoms with Crippen LogP contribution < -0.4 is 10.2 Å². The van der Waals surface area contributed by atoms with E-state index in [9.17, 15) is 0 Å². The Labute approximate surface area is 192 Å². The fraction of sp³-hybridized carbons (Fsp3) is 0.652. The lowest BCUT2D eigenvalue weighted by atomic mass is 9.90. The zero-order chi connectivity index (χ0) is 22.1. The van der Waals surface area contributed by atoms with Gasteiger partial charge < -0.3 is 19.7 Å². The highest BCUT2D eigenvalue weighted by Gasteiger charge is 2.33. The number of ether oxygens (including phenoxy) is 2. The average Bonchev–Trinajstić information content (AvgIpc) is 3.18. The molecule has 0 unspecified atom stereocenters. The Kier molecular flexibility index (Phi) is 6.14. The van der Waals surface area contributed by atoms with Crippen LogP contribution in [0.15, 0.2) is 0 Å². The van der Waals surface area contributed by atoms with E-state index in [0.29, 0.717) is 6.61 Å². The molecule has 0 saturated carbocycles. The second kappa shape index (κ2) is 9.03. The molecular formula is C23H32N6O2S. The molecule has 9 heteroatoms. The molecule has 0 bridgehead atoms. The van der Waals surface area contributed by atoms with Gasteiger partial charge in [0.2, 0.25) is 0 Å². The van der Waals surface area contributed by atoms with Crippen LogP contribution in [0.3, 0.4) is 0 Å². The number of pyridine rings is 1. The molecule has 0 atom stereocenters. The summed E-state index contributed by atoms with van der Waals surface area (Å²) < 4.78 is 12.8. The van der Waals surface area contributed by atoms with Gasteiger partial charge in [0.1, 0.15) is 20.9 Å². The molecule has 32 heavy (non-hydrogen) atoms. The van der Waals surface area contributed by atoms with Crippen molar-refractivity contribution in [3.05, 3.63) is 11.1 Å². The molecule has 1 saturated heterocycles. The number of thiophene rings is 1. The molecule has 172 valence electrons. The standard InChI is InChI=1S/C23H32N6O2S/c1-4-5-6-7-8-24-20-19-18(26-28-27-20)17-15-13-23(2,3)31-14-16(15)21(25-22(17)32-19)29-9-11-30-12-10-29/h4-14H2,1-3H3,(H,24,26,27). The van der Waals surface area contributed by atoms with Gasteiger partial charge in [0, 0.05) is 37.0 Å². The first-order valence-electron chi connectivity index (χ1n) is 11.8. The summed E-state index contributed by atoms with van der Waals surface area (Å²) >= 11 is 1.67. The van der Waals surface area contributed by atoms with Crippen molar-refractivity contribution in [2.45, 2.75) is 65.1 Å². The van der Waals surface area contributed by atoms with Gasteiger partial charge in [-0.1, -0.05) is 26.2 Å². The fourth-order valence-electron chi connectivity index (χ4n) is 4.63. The molecule has 0 aliphatic carbocycles. The summed E-state index contributed by atoms with van der Waals surface area (Å²) in [5.74, 6) is 1.86. The molecular weight excluding hydrogens is 424 g/mol. The van der Waals surface area contributed by atoms with E-state index in [1.165, 1.54) is 30.4 Å². The van der Waals surface area contributed by atoms with Crippen LogP contribution in [0.25, 0.3) is 20.4 Å². The number of fused-ring (bicyclic) bond motifs is 5. The van der Waals surface area contributed by atoms with Gasteiger partial charge in [-0.3, -0.25) is 0 Å². The Balaban J connectivity index is 1.60. The monoisotopic (exact) mass is 456 g/mol. The summed E-state index contributed by atoms with van der Waals surface area (Å²) in [6.07, 6.45) is 5.68. The van der Waals surface area contributed by atoms with Crippen molar-refractivity contribution in [3.63, 3.8) is 0 Å². The largest absolute Gasteiger partial charge is 0.378 e. The van der Waals surface area contributed by atoms with Crippen molar-refractivity contribution in [1.82, 2.24) is 20.4 Å². The molecule has 3 aromatic heterocycles. The van der Waals surface area contributed by atoms with Crippen LogP contribution in [0.5, 0.6) is 0 Å². The summed E-state index contributed by atoms with van der Waals surface area (Å²) in [6, 6.07) is 0. The summed E-state index contributed by atoms with van der Waals surface area (Å²) in [5.41, 5.74) is 3.17. The van der Waals surface area contributed by atoms with E-state index < -0.39 is 0 Å². The second-order valence-corrected chi connectivity index (χ2v) is 10.3. The zero-order valence-corrected chi connectivity index (χ0v) is 20.1. The third-order valence-corrected chi connectivity index (χ3v) is 7.44. The summed E-state index contributed by atoms with van der Waals surface area (Å²) in [4.78, 5) is 8.49. The number of hydrogen-bond donors (Lipinski definition) is 1. The Morgan fingerprint density at radius 3 is 2.75 bits per heavy atom. The van der Waals surface area contributed by atoms with Gasteiger partial charge in [0.25, 0.3) is 0 Å². The maximum absolute atomic E-state index is 6.21. The number of hydrogen-bond acceptors (Lipinski definition) is 9. The van der Waals surface area contributed by atoms with Crippen molar-refractivity contribution in [3.8, 4) is 0 Å². The predicted octanol–water partition coefficient (Wildman–Crippen LogP) is 4.31. The number of rotatable bonds is 7. The number of morpholine rings is 1. The first-order valence-corrected chi connectivity index (χ1v) is 12.6. The minimum absolute atomic E-state index is 0.224. The molecule has 0 spiro atoms. The van der Waals surface area contributed by atoms with E-state index in [4.69, 9.17) is 14.5 Å². The minimum atomic E-state index is -0.224. The van der Waals surface area contributed by atoms with Gasteiger partial charge in [-0.15, -0.1) is 21.5 Å². The van der Waals surface area contributed by atoms with Crippen molar-refractivity contribution in [2.75, 3.05) is 43.1 Å². The van der Waals surface area contributed by atoms with E-state index in [-0.39, 0.29) is 5.60 Å². The lowest BCUT2D eigenvalue weighted by Crippen LogP contribution is -2.39. The van der Waals surface area contributed by atoms with Crippen LogP contribution in [-0.2, 0) is 22.5 Å². The molecule has 0 radical (unpaired) electrons. The van der Waals surface area contributed by atoms with Crippen LogP contribution in [0, 0.1) is 0 Å². The zero-order valence-electron chi connectivity index (χ0n) is 19.2. The molecule has 1 N–H and O–H groups in total. The Hall–Kier alpha value is -2.10. The number of anilines is 2. The van der Waals surface area contributed by atoms with Gasteiger partial charge in [0.05, 0.1) is 25.4 Å². The smallest absolute Gasteiger partial charge is 0.170 e. The van der Waals surface area contributed by atoms with Crippen molar-refractivity contribution in [1.29, 1.82) is 0 Å². The number of nitrogens with zero attached hydrogens (tertiary/aromatic N) is 5. The van der Waals surface area contributed by atoms with Gasteiger partial charge in [-0.25, -0.2) is 4.98 Å². The summed E-state index contributed by atoms with van der Waals surface area (Å²) in [5, 5.41) is 17.5. The summed E-state index contributed by atoms with van der Waals surface area (Å²) in [7, 11) is 0. The SMILES string of the molecule is CCCCCCNc1nnnc2c1sc1nc(N3CCOCC3)c3c(c12)CC(C)(C)OC3. The van der Waals surface area contributed by atoms with E-state index in [1.54, 1.807) is 11.3 Å². The predicted molar refractivity (Wildman–Crippen MR) is 129 cm³/mol. The lowest BCUT2D eigenvalue weighted by molar-refractivity contribution is -0.0396. The van der Waals surface area contributed by atoms with Crippen molar-refractivity contribution in [2.24, 2.45) is 0 Å². The van der Waals surface area contributed by atoms with Gasteiger partial charge in [0.15, 0.2) is 5.82 Å². The maximum atomic E-state index is 6.21. The first-order chi connectivity index (χ1) is 15.6. The van der Waals surface area contributed by atoms with Gasteiger partial charge >= 0.3 is 0 Å². The third-order valence-electron chi connectivity index (χ3n) is 6.36. The Morgan fingerprint density at radius 2 is 1.94 bits per heavy atom. The molecule has 2 aliphatic heterocycles. The van der Waals surface area contributed by atoms with E-state index >= 15 is 0 Å². The highest BCUT2D eigenvalue weighted by Crippen LogP contribution is 2.43. The number of unbranched alkanes of at least 4 members (excludes halogenated alkanes) is 3. The Morgan fingerprint density at radius 1 is 1.09 bits per heavy atom. The van der Waals surface area contributed by atoms with E-state index in [0.717, 1.165) is 77.8 Å². The normalized spacial score (nSPS) is 18.3. The Bertz CT molecular complexity index is 1110. The molecule has 1 fully saturated rings. The fourth-order valence-corrected chi connectivity index (χ4v) is 5.72. The molecule has 0 aromatic carbocycles. The van der Waals surface area contributed by atoms with Crippen LogP contribution in [-0.4, -0.2) is 58.8 Å². The first kappa shape index (κ1) is 21.7. The van der Waals surface area contributed by atoms with E-state index in [1.807, 2.05) is 0 Å². The van der Waals surface area contributed by atoms with Crippen molar-refractivity contribution < 1.29 is 9.47 Å². The lowest BCUT2D eigenvalue weighted by Gasteiger charge is -2.36. The van der Waals surface area contributed by atoms with E-state index in [2.05, 4.69) is 46.4 Å². The topological polar surface area (TPSA) is 85.3 Å². The molecule has 0 amide bonds. The molecule has 2 aliphatic rings. The van der Waals surface area contributed by atoms with Crippen LogP contribution in [0.4, 0.5) is 11.6 Å². The van der Waals surface area contributed by atoms with Crippen LogP contribution in [0.1, 0.15) is 57.6 Å². The van der Waals surface area contributed by atoms with Crippen molar-refractivity contribution >= 4 is 43.4 Å². The number of nitrogens with one attached hydrogen (secondary N) is 1. The molecule has 5 rings (SSSR count). The second-order valence-electron chi connectivity index (χ2n) is 9.30. The highest BCUT2D eigenvalue weighted by molar-refractivity contribution is 7.26. The minimum Gasteiger partial charge on any atom is -0.378 e. The van der Waals surface area contributed by atoms with Crippen LogP contribution in [0.2, 0.25) is 0 Å². The average molecular weight is 457 g/mol. The molecule has 5 heterocycles. The number of aromatic nitrogens is 4. The maximum Gasteiger partial charge on any atom is 0.170 e. The highest BCUT2D eigenvalue weighted by atomic mass is 32.1. The summed E-state index contributed by atoms with van der Waals surface area (Å²) in [6.45, 7) is 11.2. The molecule has 8 nitrogen and oxygen atoms in total. The molecule has 3 aromatic rings. The van der Waals surface area contributed by atoms with Gasteiger partial charge in [-0.2, -0.15) is 0 Å². The van der Waals surface area contributed by atoms with Crippen LogP contribution >= 0.6 is 11.3 Å². The third kappa shape index (κ3) is 4.13.